The number of ether oxygens (including phenoxy) is 2. The van der Waals surface area contributed by atoms with E-state index in [4.69, 9.17) is 9.47 Å². The van der Waals surface area contributed by atoms with Crippen LogP contribution in [0.15, 0.2) is 84.1 Å². The molecule has 5 aromatic rings. The van der Waals surface area contributed by atoms with Crippen molar-refractivity contribution in [3.63, 3.8) is 0 Å². The Morgan fingerprint density at radius 1 is 1.03 bits per heavy atom. The smallest absolute Gasteiger partial charge is 0.204 e. The van der Waals surface area contributed by atoms with Gasteiger partial charge in [0, 0.05) is 35.3 Å². The van der Waals surface area contributed by atoms with Crippen LogP contribution in [0.25, 0.3) is 21.1 Å². The Hall–Kier alpha value is -3.84. The van der Waals surface area contributed by atoms with Crippen molar-refractivity contribution in [2.45, 2.75) is 13.0 Å². The minimum Gasteiger partial charge on any atom is -0.497 e. The molecular formula is C26H24N4O2S. The fourth-order valence-electron chi connectivity index (χ4n) is 3.76. The molecule has 1 N–H and O–H groups in total. The number of methoxy groups -OCH3 is 1. The molecule has 0 spiro atoms. The predicted molar refractivity (Wildman–Crippen MR) is 136 cm³/mol. The number of para-hydroxylation sites is 2. The van der Waals surface area contributed by atoms with Crippen LogP contribution in [0.2, 0.25) is 0 Å². The molecular weight excluding hydrogens is 432 g/mol. The molecule has 0 bridgehead atoms. The second kappa shape index (κ2) is 9.75. The highest BCUT2D eigenvalue weighted by Gasteiger charge is 2.07. The number of hydrogen-bond acceptors (Lipinski definition) is 6. The monoisotopic (exact) mass is 456 g/mol. The van der Waals surface area contributed by atoms with Crippen molar-refractivity contribution in [1.82, 2.24) is 9.55 Å². The predicted octanol–water partition coefficient (Wildman–Crippen LogP) is 6.17. The van der Waals surface area contributed by atoms with Gasteiger partial charge in [0.05, 0.1) is 30.1 Å². The average molecular weight is 457 g/mol. The van der Waals surface area contributed by atoms with Gasteiger partial charge in [0.1, 0.15) is 11.5 Å². The number of benzene rings is 3. The van der Waals surface area contributed by atoms with E-state index in [-0.39, 0.29) is 0 Å². The molecule has 0 aliphatic rings. The number of nitrogens with zero attached hydrogens (tertiary/aromatic N) is 3. The van der Waals surface area contributed by atoms with E-state index in [9.17, 15) is 0 Å². The largest absolute Gasteiger partial charge is 0.497 e. The van der Waals surface area contributed by atoms with E-state index >= 15 is 0 Å². The zero-order valence-corrected chi connectivity index (χ0v) is 19.1. The first kappa shape index (κ1) is 21.0. The van der Waals surface area contributed by atoms with Crippen LogP contribution in [0.1, 0.15) is 12.0 Å². The molecule has 0 unspecified atom stereocenters. The van der Waals surface area contributed by atoms with Crippen molar-refractivity contribution in [2.75, 3.05) is 19.1 Å². The number of aromatic nitrogens is 2. The van der Waals surface area contributed by atoms with E-state index in [0.717, 1.165) is 45.4 Å². The number of aryl methyl sites for hydroxylation is 1. The lowest BCUT2D eigenvalue weighted by Crippen LogP contribution is -2.03. The SMILES string of the molecule is COc1cccc(OCCCn2cc(/C=N/Nc3nc4ccccc4s3)c3ccccc32)c1. The number of hydrazone groups is 1. The molecule has 166 valence electrons. The third-order valence-electron chi connectivity index (χ3n) is 5.33. The lowest BCUT2D eigenvalue weighted by molar-refractivity contribution is 0.300. The van der Waals surface area contributed by atoms with Crippen molar-refractivity contribution >= 4 is 43.8 Å². The molecule has 3 aromatic carbocycles. The van der Waals surface area contributed by atoms with Crippen molar-refractivity contribution in [3.8, 4) is 11.5 Å². The van der Waals surface area contributed by atoms with E-state index in [2.05, 4.69) is 56.6 Å². The van der Waals surface area contributed by atoms with Crippen LogP contribution in [-0.4, -0.2) is 29.5 Å². The molecule has 2 aromatic heterocycles. The van der Waals surface area contributed by atoms with Gasteiger partial charge < -0.3 is 14.0 Å². The van der Waals surface area contributed by atoms with Crippen LogP contribution in [0.3, 0.4) is 0 Å². The molecule has 0 atom stereocenters. The quantitative estimate of drug-likeness (QED) is 0.164. The van der Waals surface area contributed by atoms with Crippen LogP contribution in [0, 0.1) is 0 Å². The third kappa shape index (κ3) is 4.83. The fraction of sp³-hybridized carbons (Fsp3) is 0.154. The summed E-state index contributed by atoms with van der Waals surface area (Å²) >= 11 is 1.59. The van der Waals surface area contributed by atoms with Gasteiger partial charge in [-0.1, -0.05) is 47.7 Å². The van der Waals surface area contributed by atoms with Gasteiger partial charge >= 0.3 is 0 Å². The van der Waals surface area contributed by atoms with E-state index in [1.807, 2.05) is 48.7 Å². The summed E-state index contributed by atoms with van der Waals surface area (Å²) in [6.07, 6.45) is 4.88. The maximum atomic E-state index is 5.89. The Morgan fingerprint density at radius 3 is 2.79 bits per heavy atom. The molecule has 0 radical (unpaired) electrons. The van der Waals surface area contributed by atoms with Crippen molar-refractivity contribution in [2.24, 2.45) is 5.10 Å². The summed E-state index contributed by atoms with van der Waals surface area (Å²) in [6, 6.07) is 24.1. The molecule has 0 saturated carbocycles. The van der Waals surface area contributed by atoms with Crippen LogP contribution >= 0.6 is 11.3 Å². The number of fused-ring (bicyclic) bond motifs is 2. The number of hydrogen-bond donors (Lipinski definition) is 1. The Bertz CT molecular complexity index is 1370. The Morgan fingerprint density at radius 2 is 1.88 bits per heavy atom. The minimum absolute atomic E-state index is 0.627. The van der Waals surface area contributed by atoms with Gasteiger partial charge in [-0.05, 0) is 36.8 Å². The molecule has 2 heterocycles. The first-order valence-electron chi connectivity index (χ1n) is 10.8. The van der Waals surface area contributed by atoms with Gasteiger partial charge in [0.15, 0.2) is 0 Å². The molecule has 7 heteroatoms. The summed E-state index contributed by atoms with van der Waals surface area (Å²) in [7, 11) is 1.66. The topological polar surface area (TPSA) is 60.7 Å². The molecule has 0 saturated heterocycles. The third-order valence-corrected chi connectivity index (χ3v) is 6.27. The van der Waals surface area contributed by atoms with Crippen molar-refractivity contribution in [3.05, 3.63) is 84.6 Å². The molecule has 5 rings (SSSR count). The second-order valence-corrected chi connectivity index (χ2v) is 8.56. The number of nitrogens with one attached hydrogen (secondary N) is 1. The summed E-state index contributed by atoms with van der Waals surface area (Å²) in [6.45, 7) is 1.48. The summed E-state index contributed by atoms with van der Waals surface area (Å²) in [5.74, 6) is 1.62. The zero-order valence-electron chi connectivity index (χ0n) is 18.3. The first-order chi connectivity index (χ1) is 16.3. The highest BCUT2D eigenvalue weighted by molar-refractivity contribution is 7.22. The lowest BCUT2D eigenvalue weighted by Gasteiger charge is -2.09. The van der Waals surface area contributed by atoms with Crippen LogP contribution < -0.4 is 14.9 Å². The highest BCUT2D eigenvalue weighted by Crippen LogP contribution is 2.26. The van der Waals surface area contributed by atoms with Crippen LogP contribution in [0.5, 0.6) is 11.5 Å². The normalized spacial score (nSPS) is 11.4. The van der Waals surface area contributed by atoms with Gasteiger partial charge in [0.25, 0.3) is 0 Å². The fourth-order valence-corrected chi connectivity index (χ4v) is 4.57. The summed E-state index contributed by atoms with van der Waals surface area (Å²) in [5.41, 5.74) is 6.30. The van der Waals surface area contributed by atoms with E-state index in [0.29, 0.717) is 6.61 Å². The maximum absolute atomic E-state index is 5.89. The van der Waals surface area contributed by atoms with Crippen LogP contribution in [0.4, 0.5) is 5.13 Å². The first-order valence-corrected chi connectivity index (χ1v) is 11.6. The van der Waals surface area contributed by atoms with Crippen LogP contribution in [-0.2, 0) is 6.54 Å². The van der Waals surface area contributed by atoms with Crippen molar-refractivity contribution in [1.29, 1.82) is 0 Å². The van der Waals surface area contributed by atoms with Gasteiger partial charge in [-0.3, -0.25) is 5.43 Å². The molecule has 0 aliphatic carbocycles. The van der Waals surface area contributed by atoms with Gasteiger partial charge in [-0.2, -0.15) is 5.10 Å². The van der Waals surface area contributed by atoms with Gasteiger partial charge in [-0.15, -0.1) is 0 Å². The zero-order chi connectivity index (χ0) is 22.5. The summed E-state index contributed by atoms with van der Waals surface area (Å²) in [4.78, 5) is 4.56. The maximum Gasteiger partial charge on any atom is 0.204 e. The Labute approximate surface area is 196 Å². The van der Waals surface area contributed by atoms with E-state index < -0.39 is 0 Å². The van der Waals surface area contributed by atoms with Gasteiger partial charge in [0.2, 0.25) is 5.13 Å². The standard InChI is InChI=1S/C26H24N4O2S/c1-31-20-8-6-9-21(16-20)32-15-7-14-30-18-19(22-10-2-4-12-24(22)30)17-27-29-26-28-23-11-3-5-13-25(23)33-26/h2-6,8-13,16-18H,7,14-15H2,1H3,(H,28,29)/b27-17+. The van der Waals surface area contributed by atoms with Crippen molar-refractivity contribution < 1.29 is 9.47 Å². The number of rotatable bonds is 9. The average Bonchev–Trinajstić information content (AvgIpc) is 3.43. The molecule has 0 fully saturated rings. The summed E-state index contributed by atoms with van der Waals surface area (Å²) < 4.78 is 14.5. The lowest BCUT2D eigenvalue weighted by atomic mass is 10.2. The van der Waals surface area contributed by atoms with E-state index in [1.165, 1.54) is 10.9 Å². The summed E-state index contributed by atoms with van der Waals surface area (Å²) in [5, 5.41) is 6.40. The number of anilines is 1. The molecule has 0 aliphatic heterocycles. The van der Waals surface area contributed by atoms with Gasteiger partial charge in [-0.25, -0.2) is 4.98 Å². The Kier molecular flexibility index (Phi) is 6.21. The number of thiazole rings is 1. The molecule has 6 nitrogen and oxygen atoms in total. The highest BCUT2D eigenvalue weighted by atomic mass is 32.1. The molecule has 33 heavy (non-hydrogen) atoms. The Balaban J connectivity index is 1.24. The minimum atomic E-state index is 0.627. The second-order valence-electron chi connectivity index (χ2n) is 7.53. The molecule has 0 amide bonds. The van der Waals surface area contributed by atoms with E-state index in [1.54, 1.807) is 18.4 Å².